The zero-order valence-corrected chi connectivity index (χ0v) is 16.7. The summed E-state index contributed by atoms with van der Waals surface area (Å²) in [7, 11) is 2.94. The molecule has 1 aliphatic heterocycles. The Balaban J connectivity index is 1.73. The van der Waals surface area contributed by atoms with Crippen LogP contribution in [0.4, 0.5) is 0 Å². The van der Waals surface area contributed by atoms with Crippen molar-refractivity contribution >= 4 is 23.5 Å². The van der Waals surface area contributed by atoms with Gasteiger partial charge in [-0.2, -0.15) is 0 Å². The Kier molecular flexibility index (Phi) is 6.54. The molecule has 2 aromatic rings. The molecule has 0 aromatic heterocycles. The molecule has 1 fully saturated rings. The first-order valence-corrected chi connectivity index (χ1v) is 9.42. The zero-order valence-electron chi connectivity index (χ0n) is 15.9. The fourth-order valence-corrected chi connectivity index (χ4v) is 3.64. The standard InChI is InChI=1S/C21H23ClN2O4/c1-27-16-7-5-6-15(14-16)20(25)24-12-10-23(11-13-24)19(21(26)28-2)17-8-3-4-9-18(17)22/h3-9,14,19H,10-13H2,1-2H3. The third kappa shape index (κ3) is 4.29. The lowest BCUT2D eigenvalue weighted by Gasteiger charge is -2.38. The number of amides is 1. The van der Waals surface area contributed by atoms with E-state index in [1.165, 1.54) is 7.11 Å². The Morgan fingerprint density at radius 2 is 1.71 bits per heavy atom. The maximum absolute atomic E-state index is 12.8. The number of carbonyl (C=O) groups excluding carboxylic acids is 2. The number of piperazine rings is 1. The van der Waals surface area contributed by atoms with Gasteiger partial charge in [0.1, 0.15) is 11.8 Å². The first-order chi connectivity index (χ1) is 13.5. The second-order valence-electron chi connectivity index (χ2n) is 6.51. The third-order valence-corrected chi connectivity index (χ3v) is 5.25. The maximum Gasteiger partial charge on any atom is 0.327 e. The normalized spacial score (nSPS) is 15.8. The lowest BCUT2D eigenvalue weighted by atomic mass is 10.0. The monoisotopic (exact) mass is 402 g/mol. The predicted octanol–water partition coefficient (Wildman–Crippen LogP) is 3.02. The van der Waals surface area contributed by atoms with Gasteiger partial charge in [0, 0.05) is 36.8 Å². The number of halogens is 1. The van der Waals surface area contributed by atoms with E-state index in [2.05, 4.69) is 0 Å². The molecule has 0 N–H and O–H groups in total. The molecule has 2 aromatic carbocycles. The number of hydrogen-bond acceptors (Lipinski definition) is 5. The van der Waals surface area contributed by atoms with Gasteiger partial charge in [0.15, 0.2) is 0 Å². The van der Waals surface area contributed by atoms with Gasteiger partial charge in [-0.3, -0.25) is 9.69 Å². The van der Waals surface area contributed by atoms with Crippen LogP contribution in [0.1, 0.15) is 22.0 Å². The number of ether oxygens (including phenoxy) is 2. The molecule has 1 heterocycles. The van der Waals surface area contributed by atoms with Crippen molar-refractivity contribution in [1.82, 2.24) is 9.80 Å². The van der Waals surface area contributed by atoms with Crippen LogP contribution < -0.4 is 4.74 Å². The first-order valence-electron chi connectivity index (χ1n) is 9.04. The van der Waals surface area contributed by atoms with Crippen LogP contribution >= 0.6 is 11.6 Å². The van der Waals surface area contributed by atoms with Crippen molar-refractivity contribution in [2.24, 2.45) is 0 Å². The van der Waals surface area contributed by atoms with Gasteiger partial charge in [-0.05, 0) is 29.8 Å². The second kappa shape index (κ2) is 9.08. The molecule has 28 heavy (non-hydrogen) atoms. The molecule has 0 spiro atoms. The molecule has 7 heteroatoms. The minimum absolute atomic E-state index is 0.0501. The fourth-order valence-electron chi connectivity index (χ4n) is 3.40. The first kappa shape index (κ1) is 20.2. The summed E-state index contributed by atoms with van der Waals surface area (Å²) in [5.41, 5.74) is 1.30. The summed E-state index contributed by atoms with van der Waals surface area (Å²) in [4.78, 5) is 29.0. The second-order valence-corrected chi connectivity index (χ2v) is 6.91. The van der Waals surface area contributed by atoms with Crippen LogP contribution in [0.25, 0.3) is 0 Å². The van der Waals surface area contributed by atoms with E-state index in [0.717, 1.165) is 0 Å². The van der Waals surface area contributed by atoms with Crippen molar-refractivity contribution in [2.75, 3.05) is 40.4 Å². The van der Waals surface area contributed by atoms with Crippen LogP contribution in [0.2, 0.25) is 5.02 Å². The Labute approximate surface area is 169 Å². The number of benzene rings is 2. The minimum atomic E-state index is -0.590. The highest BCUT2D eigenvalue weighted by Gasteiger charge is 2.33. The molecule has 0 aliphatic carbocycles. The fraction of sp³-hybridized carbons (Fsp3) is 0.333. The molecule has 1 saturated heterocycles. The SMILES string of the molecule is COC(=O)C(c1ccccc1Cl)N1CCN(C(=O)c2cccc(OC)c2)CC1. The van der Waals surface area contributed by atoms with Gasteiger partial charge in [-0.15, -0.1) is 0 Å². The summed E-state index contributed by atoms with van der Waals surface area (Å²) in [6.07, 6.45) is 0. The van der Waals surface area contributed by atoms with Gasteiger partial charge in [-0.1, -0.05) is 35.9 Å². The van der Waals surface area contributed by atoms with Crippen LogP contribution in [0, 0.1) is 0 Å². The molecule has 3 rings (SSSR count). The van der Waals surface area contributed by atoms with Crippen molar-refractivity contribution in [3.8, 4) is 5.75 Å². The number of esters is 1. The van der Waals surface area contributed by atoms with Crippen molar-refractivity contribution < 1.29 is 19.1 Å². The summed E-state index contributed by atoms with van der Waals surface area (Å²) in [5.74, 6) is 0.237. The quantitative estimate of drug-likeness (QED) is 0.719. The molecule has 1 unspecified atom stereocenters. The van der Waals surface area contributed by atoms with Gasteiger partial charge in [-0.25, -0.2) is 4.79 Å². The lowest BCUT2D eigenvalue weighted by molar-refractivity contribution is -0.148. The predicted molar refractivity (Wildman–Crippen MR) is 107 cm³/mol. The average molecular weight is 403 g/mol. The Bertz CT molecular complexity index is 850. The highest BCUT2D eigenvalue weighted by Crippen LogP contribution is 2.29. The molecule has 0 radical (unpaired) electrons. The number of methoxy groups -OCH3 is 2. The third-order valence-electron chi connectivity index (χ3n) is 4.91. The van der Waals surface area contributed by atoms with E-state index in [1.807, 2.05) is 23.1 Å². The molecule has 1 amide bonds. The number of hydrogen-bond donors (Lipinski definition) is 0. The van der Waals surface area contributed by atoms with Crippen LogP contribution in [0.5, 0.6) is 5.75 Å². The Morgan fingerprint density at radius 1 is 1.00 bits per heavy atom. The topological polar surface area (TPSA) is 59.1 Å². The van der Waals surface area contributed by atoms with Gasteiger partial charge in [0.05, 0.1) is 14.2 Å². The van der Waals surface area contributed by atoms with Crippen molar-refractivity contribution in [3.63, 3.8) is 0 Å². The van der Waals surface area contributed by atoms with Crippen LogP contribution in [0.15, 0.2) is 48.5 Å². The Morgan fingerprint density at radius 3 is 2.36 bits per heavy atom. The van der Waals surface area contributed by atoms with E-state index in [4.69, 9.17) is 21.1 Å². The number of rotatable bonds is 5. The molecule has 1 aliphatic rings. The molecule has 148 valence electrons. The van der Waals surface area contributed by atoms with Gasteiger partial charge in [0.2, 0.25) is 0 Å². The summed E-state index contributed by atoms with van der Waals surface area (Å²) < 4.78 is 10.2. The summed E-state index contributed by atoms with van der Waals surface area (Å²) >= 11 is 6.32. The molecule has 1 atom stereocenters. The smallest absolute Gasteiger partial charge is 0.327 e. The summed E-state index contributed by atoms with van der Waals surface area (Å²) in [6, 6.07) is 13.8. The highest BCUT2D eigenvalue weighted by molar-refractivity contribution is 6.31. The van der Waals surface area contributed by atoms with Crippen molar-refractivity contribution in [2.45, 2.75) is 6.04 Å². The van der Waals surface area contributed by atoms with E-state index in [1.54, 1.807) is 42.3 Å². The van der Waals surface area contributed by atoms with Gasteiger partial charge >= 0.3 is 5.97 Å². The molecular weight excluding hydrogens is 380 g/mol. The van der Waals surface area contributed by atoms with E-state index in [0.29, 0.717) is 48.1 Å². The summed E-state index contributed by atoms with van der Waals surface area (Å²) in [6.45, 7) is 2.10. The van der Waals surface area contributed by atoms with Crippen LogP contribution in [-0.4, -0.2) is 62.1 Å². The van der Waals surface area contributed by atoms with Gasteiger partial charge < -0.3 is 14.4 Å². The Hall–Kier alpha value is -2.57. The molecule has 0 bridgehead atoms. The number of nitrogens with zero attached hydrogens (tertiary/aromatic N) is 2. The number of carbonyl (C=O) groups is 2. The van der Waals surface area contributed by atoms with E-state index in [9.17, 15) is 9.59 Å². The summed E-state index contributed by atoms with van der Waals surface area (Å²) in [5, 5.41) is 0.521. The minimum Gasteiger partial charge on any atom is -0.497 e. The largest absolute Gasteiger partial charge is 0.497 e. The van der Waals surface area contributed by atoms with E-state index < -0.39 is 6.04 Å². The molecule has 0 saturated carbocycles. The van der Waals surface area contributed by atoms with Crippen LogP contribution in [0.3, 0.4) is 0 Å². The van der Waals surface area contributed by atoms with Crippen molar-refractivity contribution in [3.05, 3.63) is 64.7 Å². The average Bonchev–Trinajstić information content (AvgIpc) is 2.75. The molecular formula is C21H23ClN2O4. The van der Waals surface area contributed by atoms with E-state index >= 15 is 0 Å². The van der Waals surface area contributed by atoms with Crippen molar-refractivity contribution in [1.29, 1.82) is 0 Å². The lowest BCUT2D eigenvalue weighted by Crippen LogP contribution is -2.51. The van der Waals surface area contributed by atoms with E-state index in [-0.39, 0.29) is 11.9 Å². The van der Waals surface area contributed by atoms with Crippen LogP contribution in [-0.2, 0) is 9.53 Å². The molecule has 6 nitrogen and oxygen atoms in total. The maximum atomic E-state index is 12.8. The zero-order chi connectivity index (χ0) is 20.1. The highest BCUT2D eigenvalue weighted by atomic mass is 35.5. The van der Waals surface area contributed by atoms with Gasteiger partial charge in [0.25, 0.3) is 5.91 Å².